The molecule has 2 N–H and O–H groups in total. The number of methoxy groups -OCH3 is 1. The second-order valence-corrected chi connectivity index (χ2v) is 7.52. The van der Waals surface area contributed by atoms with Gasteiger partial charge in [-0.2, -0.15) is 5.10 Å². The summed E-state index contributed by atoms with van der Waals surface area (Å²) in [7, 11) is 1.65. The molecule has 156 valence electrons. The molecule has 0 spiro atoms. The van der Waals surface area contributed by atoms with Gasteiger partial charge >= 0.3 is 0 Å². The standard InChI is InChI=1S/C22H26N6O2/c1-4-5-6-7-18(29)27-11-16(12-27)28-22-19(21(23)24-13-25-22)20(26-28)15-9-8-14(2)17(10-15)30-3/h6-10,13,16H,4-5,11-12H2,1-3H3,(H2,23,24,25)/b7-6+. The van der Waals surface area contributed by atoms with Crippen LogP contribution in [-0.4, -0.2) is 50.8 Å². The van der Waals surface area contributed by atoms with Gasteiger partial charge in [0, 0.05) is 18.7 Å². The van der Waals surface area contributed by atoms with Gasteiger partial charge in [0.1, 0.15) is 23.6 Å². The number of aromatic nitrogens is 4. The molecule has 0 aliphatic carbocycles. The molecular weight excluding hydrogens is 380 g/mol. The van der Waals surface area contributed by atoms with E-state index in [0.717, 1.165) is 35.1 Å². The van der Waals surface area contributed by atoms with E-state index in [-0.39, 0.29) is 11.9 Å². The molecule has 3 aromatic rings. The predicted octanol–water partition coefficient (Wildman–Crippen LogP) is 3.13. The zero-order chi connectivity index (χ0) is 21.3. The average Bonchev–Trinajstić information content (AvgIpc) is 3.08. The van der Waals surface area contributed by atoms with E-state index < -0.39 is 0 Å². The maximum atomic E-state index is 12.3. The number of nitrogens with zero attached hydrogens (tertiary/aromatic N) is 5. The van der Waals surface area contributed by atoms with Gasteiger partial charge in [0.25, 0.3) is 0 Å². The first-order chi connectivity index (χ1) is 14.5. The number of hydrogen-bond acceptors (Lipinski definition) is 6. The molecule has 1 saturated heterocycles. The van der Waals surface area contributed by atoms with Crippen molar-refractivity contribution in [1.29, 1.82) is 0 Å². The minimum atomic E-state index is 0.0359. The zero-order valence-electron chi connectivity index (χ0n) is 17.5. The maximum Gasteiger partial charge on any atom is 0.246 e. The summed E-state index contributed by atoms with van der Waals surface area (Å²) < 4.78 is 7.34. The molecule has 1 aromatic carbocycles. The summed E-state index contributed by atoms with van der Waals surface area (Å²) in [5.74, 6) is 1.20. The van der Waals surface area contributed by atoms with E-state index >= 15 is 0 Å². The molecular formula is C22H26N6O2. The monoisotopic (exact) mass is 406 g/mol. The van der Waals surface area contributed by atoms with Crippen molar-refractivity contribution in [2.45, 2.75) is 32.7 Å². The summed E-state index contributed by atoms with van der Waals surface area (Å²) in [6.45, 7) is 5.26. The number of ether oxygens (including phenoxy) is 1. The number of aryl methyl sites for hydroxylation is 1. The number of nitrogen functional groups attached to an aromatic ring is 1. The van der Waals surface area contributed by atoms with Crippen LogP contribution >= 0.6 is 0 Å². The first-order valence-corrected chi connectivity index (χ1v) is 10.1. The molecule has 4 rings (SSSR count). The first kappa shape index (κ1) is 19.9. The van der Waals surface area contributed by atoms with Crippen molar-refractivity contribution in [1.82, 2.24) is 24.6 Å². The van der Waals surface area contributed by atoms with Crippen LogP contribution in [0.4, 0.5) is 5.82 Å². The van der Waals surface area contributed by atoms with Crippen LogP contribution < -0.4 is 10.5 Å². The molecule has 2 aromatic heterocycles. The van der Waals surface area contributed by atoms with Gasteiger partial charge in [-0.3, -0.25) is 4.79 Å². The van der Waals surface area contributed by atoms with Gasteiger partial charge in [-0.05, 0) is 31.1 Å². The smallest absolute Gasteiger partial charge is 0.246 e. The molecule has 0 atom stereocenters. The first-order valence-electron chi connectivity index (χ1n) is 10.1. The molecule has 0 unspecified atom stereocenters. The van der Waals surface area contributed by atoms with Gasteiger partial charge in [-0.25, -0.2) is 14.6 Å². The molecule has 1 fully saturated rings. The molecule has 1 aliphatic rings. The third-order valence-electron chi connectivity index (χ3n) is 5.44. The third kappa shape index (κ3) is 3.49. The van der Waals surface area contributed by atoms with Crippen LogP contribution in [0.1, 0.15) is 31.4 Å². The van der Waals surface area contributed by atoms with Crippen molar-refractivity contribution >= 4 is 22.8 Å². The molecule has 8 heteroatoms. The largest absolute Gasteiger partial charge is 0.496 e. The molecule has 1 amide bonds. The molecule has 0 radical (unpaired) electrons. The van der Waals surface area contributed by atoms with Crippen molar-refractivity contribution in [2.75, 3.05) is 25.9 Å². The number of carbonyl (C=O) groups excluding carboxylic acids is 1. The summed E-state index contributed by atoms with van der Waals surface area (Å²) in [5.41, 5.74) is 9.52. The van der Waals surface area contributed by atoms with Gasteiger partial charge < -0.3 is 15.4 Å². The van der Waals surface area contributed by atoms with Gasteiger partial charge in [0.2, 0.25) is 5.91 Å². The van der Waals surface area contributed by atoms with E-state index in [0.29, 0.717) is 30.2 Å². The summed E-state index contributed by atoms with van der Waals surface area (Å²) in [4.78, 5) is 22.7. The van der Waals surface area contributed by atoms with E-state index in [9.17, 15) is 4.79 Å². The number of rotatable bonds is 6. The van der Waals surface area contributed by atoms with Gasteiger partial charge in [-0.1, -0.05) is 31.6 Å². The number of unbranched alkanes of at least 4 members (excludes halogenated alkanes) is 1. The average molecular weight is 406 g/mol. The topological polar surface area (TPSA) is 99.2 Å². The normalized spacial score (nSPS) is 14.4. The Balaban J connectivity index is 1.67. The second kappa shape index (κ2) is 8.14. The fraction of sp³-hybridized carbons (Fsp3) is 0.364. The highest BCUT2D eigenvalue weighted by Crippen LogP contribution is 2.35. The summed E-state index contributed by atoms with van der Waals surface area (Å²) in [6.07, 6.45) is 6.97. The summed E-state index contributed by atoms with van der Waals surface area (Å²) in [6, 6.07) is 5.98. The van der Waals surface area contributed by atoms with Crippen molar-refractivity contribution < 1.29 is 9.53 Å². The number of nitrogens with two attached hydrogens (primary N) is 1. The molecule has 1 aliphatic heterocycles. The van der Waals surface area contributed by atoms with E-state index in [4.69, 9.17) is 15.6 Å². The van der Waals surface area contributed by atoms with Gasteiger partial charge in [0.05, 0.1) is 18.5 Å². The van der Waals surface area contributed by atoms with E-state index in [1.807, 2.05) is 40.8 Å². The van der Waals surface area contributed by atoms with E-state index in [2.05, 4.69) is 16.9 Å². The fourth-order valence-electron chi connectivity index (χ4n) is 3.67. The van der Waals surface area contributed by atoms with Crippen LogP contribution in [0.2, 0.25) is 0 Å². The summed E-state index contributed by atoms with van der Waals surface area (Å²) >= 11 is 0. The Morgan fingerprint density at radius 1 is 1.33 bits per heavy atom. The highest BCUT2D eigenvalue weighted by atomic mass is 16.5. The van der Waals surface area contributed by atoms with Crippen LogP contribution in [0, 0.1) is 6.92 Å². The number of carbonyl (C=O) groups is 1. The highest BCUT2D eigenvalue weighted by molar-refractivity contribution is 5.98. The second-order valence-electron chi connectivity index (χ2n) is 7.52. The molecule has 3 heterocycles. The number of allylic oxidation sites excluding steroid dienone is 1. The Morgan fingerprint density at radius 2 is 2.13 bits per heavy atom. The Bertz CT molecular complexity index is 1110. The molecule has 0 bridgehead atoms. The fourth-order valence-corrected chi connectivity index (χ4v) is 3.67. The van der Waals surface area contributed by atoms with Crippen molar-refractivity contribution in [3.05, 3.63) is 42.2 Å². The number of anilines is 1. The van der Waals surface area contributed by atoms with Crippen LogP contribution in [0.25, 0.3) is 22.3 Å². The Morgan fingerprint density at radius 3 is 2.87 bits per heavy atom. The number of amides is 1. The van der Waals surface area contributed by atoms with Crippen molar-refractivity contribution in [3.63, 3.8) is 0 Å². The SMILES string of the molecule is CCC/C=C/C(=O)N1CC(n2nc(-c3ccc(C)c(OC)c3)c3c(N)ncnc32)C1. The van der Waals surface area contributed by atoms with Gasteiger partial charge in [0.15, 0.2) is 5.65 Å². The van der Waals surface area contributed by atoms with Crippen molar-refractivity contribution in [3.8, 4) is 17.0 Å². The Labute approximate surface area is 175 Å². The van der Waals surface area contributed by atoms with Crippen LogP contribution in [0.15, 0.2) is 36.7 Å². The third-order valence-corrected chi connectivity index (χ3v) is 5.44. The highest BCUT2D eigenvalue weighted by Gasteiger charge is 2.34. The zero-order valence-corrected chi connectivity index (χ0v) is 17.5. The minimum Gasteiger partial charge on any atom is -0.496 e. The molecule has 0 saturated carbocycles. The van der Waals surface area contributed by atoms with Crippen LogP contribution in [0.3, 0.4) is 0 Å². The van der Waals surface area contributed by atoms with Crippen LogP contribution in [-0.2, 0) is 4.79 Å². The van der Waals surface area contributed by atoms with Gasteiger partial charge in [-0.15, -0.1) is 0 Å². The number of likely N-dealkylation sites (tertiary alicyclic amines) is 1. The quantitative estimate of drug-likeness (QED) is 0.632. The number of fused-ring (bicyclic) bond motifs is 1. The maximum absolute atomic E-state index is 12.3. The lowest BCUT2D eigenvalue weighted by molar-refractivity contribution is -0.131. The lowest BCUT2D eigenvalue weighted by Crippen LogP contribution is -2.50. The number of benzene rings is 1. The van der Waals surface area contributed by atoms with E-state index in [1.54, 1.807) is 13.2 Å². The molecule has 30 heavy (non-hydrogen) atoms. The molecule has 8 nitrogen and oxygen atoms in total. The van der Waals surface area contributed by atoms with Crippen LogP contribution in [0.5, 0.6) is 5.75 Å². The minimum absolute atomic E-state index is 0.0359. The Hall–Kier alpha value is -3.42. The Kier molecular flexibility index (Phi) is 5.39. The lowest BCUT2D eigenvalue weighted by Gasteiger charge is -2.38. The predicted molar refractivity (Wildman–Crippen MR) is 116 cm³/mol. The van der Waals surface area contributed by atoms with E-state index in [1.165, 1.54) is 6.33 Å². The summed E-state index contributed by atoms with van der Waals surface area (Å²) in [5, 5.41) is 5.56. The number of hydrogen-bond donors (Lipinski definition) is 1. The van der Waals surface area contributed by atoms with Crippen molar-refractivity contribution in [2.24, 2.45) is 0 Å². The lowest BCUT2D eigenvalue weighted by atomic mass is 10.1.